The average molecular weight is 459 g/mol. The highest BCUT2D eigenvalue weighted by Crippen LogP contribution is 2.29. The molecule has 0 radical (unpaired) electrons. The van der Waals surface area contributed by atoms with Gasteiger partial charge in [-0.3, -0.25) is 4.79 Å². The van der Waals surface area contributed by atoms with Crippen LogP contribution in [0.15, 0.2) is 65.2 Å². The SMILES string of the molecule is CC(C)CC(COc1ccc(-c2noc(C(F)(F)F)n2)cc1)NC(=O)C=Cc1ccccc1. The second-order valence-electron chi connectivity index (χ2n) is 7.84. The van der Waals surface area contributed by atoms with E-state index < -0.39 is 12.1 Å². The minimum Gasteiger partial charge on any atom is -0.491 e. The van der Waals surface area contributed by atoms with Crippen LogP contribution < -0.4 is 10.1 Å². The van der Waals surface area contributed by atoms with E-state index in [2.05, 4.69) is 20.0 Å². The van der Waals surface area contributed by atoms with Gasteiger partial charge in [-0.25, -0.2) is 0 Å². The molecule has 0 aliphatic heterocycles. The van der Waals surface area contributed by atoms with Gasteiger partial charge < -0.3 is 14.6 Å². The zero-order chi connectivity index (χ0) is 23.8. The van der Waals surface area contributed by atoms with Crippen molar-refractivity contribution < 1.29 is 27.2 Å². The Morgan fingerprint density at radius 1 is 1.12 bits per heavy atom. The molecule has 1 N–H and O–H groups in total. The standard InChI is InChI=1S/C24H24F3N3O3/c1-16(2)14-19(28-21(31)13-8-17-6-4-3-5-7-17)15-32-20-11-9-18(10-12-20)22-29-23(33-30-22)24(25,26)27/h3-13,16,19H,14-15H2,1-2H3,(H,28,31). The second kappa shape index (κ2) is 10.8. The van der Waals surface area contributed by atoms with E-state index in [1.165, 1.54) is 6.08 Å². The van der Waals surface area contributed by atoms with Crippen molar-refractivity contribution in [3.63, 3.8) is 0 Å². The van der Waals surface area contributed by atoms with Gasteiger partial charge in [0.2, 0.25) is 11.7 Å². The first-order valence-corrected chi connectivity index (χ1v) is 10.4. The third-order valence-corrected chi connectivity index (χ3v) is 4.56. The van der Waals surface area contributed by atoms with E-state index in [4.69, 9.17) is 4.74 Å². The van der Waals surface area contributed by atoms with Crippen molar-refractivity contribution in [3.8, 4) is 17.1 Å². The Morgan fingerprint density at radius 2 is 1.82 bits per heavy atom. The summed E-state index contributed by atoms with van der Waals surface area (Å²) in [4.78, 5) is 15.7. The number of hydrogen-bond acceptors (Lipinski definition) is 5. The van der Waals surface area contributed by atoms with E-state index in [9.17, 15) is 18.0 Å². The van der Waals surface area contributed by atoms with Crippen LogP contribution in [-0.2, 0) is 11.0 Å². The molecule has 0 fully saturated rings. The Bertz CT molecular complexity index is 1060. The lowest BCUT2D eigenvalue weighted by Crippen LogP contribution is -2.39. The molecule has 0 saturated carbocycles. The number of ether oxygens (including phenoxy) is 1. The van der Waals surface area contributed by atoms with Crippen LogP contribution in [0.4, 0.5) is 13.2 Å². The van der Waals surface area contributed by atoms with Crippen molar-refractivity contribution in [2.45, 2.75) is 32.5 Å². The maximum Gasteiger partial charge on any atom is 0.471 e. The number of hydrogen-bond donors (Lipinski definition) is 1. The molecule has 6 nitrogen and oxygen atoms in total. The molecular weight excluding hydrogens is 435 g/mol. The van der Waals surface area contributed by atoms with Gasteiger partial charge >= 0.3 is 12.1 Å². The third kappa shape index (κ3) is 7.48. The fourth-order valence-electron chi connectivity index (χ4n) is 3.08. The molecule has 3 aromatic rings. The molecule has 3 rings (SSSR count). The fraction of sp³-hybridized carbons (Fsp3) is 0.292. The first kappa shape index (κ1) is 24.0. The Hall–Kier alpha value is -3.62. The number of alkyl halides is 3. The summed E-state index contributed by atoms with van der Waals surface area (Å²) in [6.07, 6.45) is -0.756. The normalized spacial score (nSPS) is 12.8. The van der Waals surface area contributed by atoms with Crippen molar-refractivity contribution in [2.75, 3.05) is 6.61 Å². The minimum atomic E-state index is -4.69. The van der Waals surface area contributed by atoms with E-state index in [-0.39, 0.29) is 24.4 Å². The Balaban J connectivity index is 1.58. The van der Waals surface area contributed by atoms with E-state index in [0.717, 1.165) is 5.56 Å². The molecule has 1 aromatic heterocycles. The van der Waals surface area contributed by atoms with Gasteiger partial charge in [0.15, 0.2) is 0 Å². The van der Waals surface area contributed by atoms with Crippen LogP contribution in [0.3, 0.4) is 0 Å². The largest absolute Gasteiger partial charge is 0.491 e. The molecule has 2 aromatic carbocycles. The summed E-state index contributed by atoms with van der Waals surface area (Å²) in [7, 11) is 0. The first-order valence-electron chi connectivity index (χ1n) is 10.4. The van der Waals surface area contributed by atoms with Crippen LogP contribution in [0.5, 0.6) is 5.75 Å². The molecule has 33 heavy (non-hydrogen) atoms. The molecule has 0 aliphatic rings. The maximum absolute atomic E-state index is 12.6. The summed E-state index contributed by atoms with van der Waals surface area (Å²) in [6, 6.07) is 15.6. The number of carbonyl (C=O) groups excluding carboxylic acids is 1. The lowest BCUT2D eigenvalue weighted by molar-refractivity contribution is -0.159. The molecule has 1 atom stereocenters. The van der Waals surface area contributed by atoms with E-state index >= 15 is 0 Å². The van der Waals surface area contributed by atoms with Crippen LogP contribution in [0.2, 0.25) is 0 Å². The molecule has 1 amide bonds. The monoisotopic (exact) mass is 459 g/mol. The van der Waals surface area contributed by atoms with E-state index in [1.54, 1.807) is 30.3 Å². The van der Waals surface area contributed by atoms with Crippen molar-refractivity contribution >= 4 is 12.0 Å². The lowest BCUT2D eigenvalue weighted by Gasteiger charge is -2.20. The van der Waals surface area contributed by atoms with Gasteiger partial charge in [0.05, 0.1) is 6.04 Å². The first-order chi connectivity index (χ1) is 15.7. The lowest BCUT2D eigenvalue weighted by atomic mass is 10.0. The van der Waals surface area contributed by atoms with E-state index in [0.29, 0.717) is 23.7 Å². The van der Waals surface area contributed by atoms with Crippen LogP contribution >= 0.6 is 0 Å². The van der Waals surface area contributed by atoms with Gasteiger partial charge in [-0.2, -0.15) is 18.2 Å². The Morgan fingerprint density at radius 3 is 2.42 bits per heavy atom. The Kier molecular flexibility index (Phi) is 7.87. The van der Waals surface area contributed by atoms with Gasteiger partial charge in [-0.15, -0.1) is 0 Å². The van der Waals surface area contributed by atoms with Crippen LogP contribution in [-0.4, -0.2) is 28.7 Å². The average Bonchev–Trinajstić information content (AvgIpc) is 3.28. The number of benzene rings is 2. The number of carbonyl (C=O) groups is 1. The predicted molar refractivity (Wildman–Crippen MR) is 117 cm³/mol. The van der Waals surface area contributed by atoms with Crippen molar-refractivity contribution in [3.05, 3.63) is 72.1 Å². The summed E-state index contributed by atoms with van der Waals surface area (Å²) in [5.74, 6) is -0.946. The number of nitrogens with zero attached hydrogens (tertiary/aromatic N) is 2. The fourth-order valence-corrected chi connectivity index (χ4v) is 3.08. The number of amides is 1. The van der Waals surface area contributed by atoms with Crippen molar-refractivity contribution in [2.24, 2.45) is 5.92 Å². The summed E-state index contributed by atoms with van der Waals surface area (Å²) in [6.45, 7) is 4.34. The van der Waals surface area contributed by atoms with Gasteiger partial charge in [0, 0.05) is 11.6 Å². The molecule has 0 spiro atoms. The summed E-state index contributed by atoms with van der Waals surface area (Å²) >= 11 is 0. The van der Waals surface area contributed by atoms with Gasteiger partial charge in [0.1, 0.15) is 12.4 Å². The summed E-state index contributed by atoms with van der Waals surface area (Å²) < 4.78 is 47.9. The zero-order valence-corrected chi connectivity index (χ0v) is 18.2. The maximum atomic E-state index is 12.6. The molecule has 9 heteroatoms. The minimum absolute atomic E-state index is 0.163. The van der Waals surface area contributed by atoms with Gasteiger partial charge in [-0.05, 0) is 48.2 Å². The quantitative estimate of drug-likeness (QED) is 0.435. The highest BCUT2D eigenvalue weighted by atomic mass is 19.4. The smallest absolute Gasteiger partial charge is 0.471 e. The third-order valence-electron chi connectivity index (χ3n) is 4.56. The van der Waals surface area contributed by atoms with Crippen LogP contribution in [0.25, 0.3) is 17.5 Å². The Labute approximate surface area is 189 Å². The highest BCUT2D eigenvalue weighted by Gasteiger charge is 2.38. The summed E-state index contributed by atoms with van der Waals surface area (Å²) in [5.41, 5.74) is 1.29. The predicted octanol–water partition coefficient (Wildman–Crippen LogP) is 5.38. The topological polar surface area (TPSA) is 77.2 Å². The van der Waals surface area contributed by atoms with Crippen LogP contribution in [0, 0.1) is 5.92 Å². The van der Waals surface area contributed by atoms with Crippen LogP contribution in [0.1, 0.15) is 31.7 Å². The number of rotatable bonds is 9. The molecule has 1 heterocycles. The second-order valence-corrected chi connectivity index (χ2v) is 7.84. The number of nitrogens with one attached hydrogen (secondary N) is 1. The number of halogens is 3. The van der Waals surface area contributed by atoms with Gasteiger partial charge in [-0.1, -0.05) is 49.3 Å². The van der Waals surface area contributed by atoms with Gasteiger partial charge in [0.25, 0.3) is 0 Å². The molecular formula is C24H24F3N3O3. The zero-order valence-electron chi connectivity index (χ0n) is 18.2. The summed E-state index contributed by atoms with van der Waals surface area (Å²) in [5, 5.41) is 6.31. The number of aromatic nitrogens is 2. The van der Waals surface area contributed by atoms with Crippen molar-refractivity contribution in [1.29, 1.82) is 0 Å². The molecule has 1 unspecified atom stereocenters. The molecule has 174 valence electrons. The van der Waals surface area contributed by atoms with E-state index in [1.807, 2.05) is 44.2 Å². The molecule has 0 bridgehead atoms. The highest BCUT2D eigenvalue weighted by molar-refractivity contribution is 5.91. The molecule has 0 aliphatic carbocycles. The van der Waals surface area contributed by atoms with Crippen molar-refractivity contribution in [1.82, 2.24) is 15.5 Å². The molecule has 0 saturated heterocycles.